The summed E-state index contributed by atoms with van der Waals surface area (Å²) in [7, 11) is 0. The van der Waals surface area contributed by atoms with E-state index in [1.165, 1.54) is 22.3 Å². The maximum absolute atomic E-state index is 5.21. The molecule has 0 radical (unpaired) electrons. The molecule has 0 amide bonds. The molecule has 94 valence electrons. The van der Waals surface area contributed by atoms with Crippen LogP contribution in [0.3, 0.4) is 0 Å². The monoisotopic (exact) mass is 258 g/mol. The lowest BCUT2D eigenvalue weighted by Gasteiger charge is -2.12. The van der Waals surface area contributed by atoms with E-state index in [1.54, 1.807) is 0 Å². The van der Waals surface area contributed by atoms with E-state index in [1.807, 2.05) is 6.92 Å². The number of aromatic nitrogens is 2. The zero-order valence-electron chi connectivity index (χ0n) is 11.5. The van der Waals surface area contributed by atoms with Gasteiger partial charge >= 0.3 is 0 Å². The Bertz CT molecular complexity index is 669. The predicted molar refractivity (Wildman–Crippen MR) is 78.5 cm³/mol. The molecule has 0 unspecified atom stereocenters. The second kappa shape index (κ2) is 4.65. The van der Waals surface area contributed by atoms with E-state index in [0.717, 1.165) is 21.5 Å². The molecular weight excluding hydrogens is 240 g/mol. The average Bonchev–Trinajstić information content (AvgIpc) is 2.32. The Labute approximate surface area is 113 Å². The molecule has 0 aliphatic carbocycles. The predicted octanol–water partition coefficient (Wildman–Crippen LogP) is 4.35. The van der Waals surface area contributed by atoms with Crippen LogP contribution in [-0.2, 0) is 0 Å². The number of benzene rings is 1. The molecule has 0 aliphatic heterocycles. The van der Waals surface area contributed by atoms with Gasteiger partial charge in [-0.25, -0.2) is 0 Å². The standard InChI is InChI=1S/C15H18N2S/c1-8-6-10(3)13(7-9(8)2)14-11(4)12(5)15(18)17-16-14/h6-7H,1-5H3,(H,17,18). The van der Waals surface area contributed by atoms with Gasteiger partial charge in [-0.1, -0.05) is 18.3 Å². The topological polar surface area (TPSA) is 28.7 Å². The molecule has 2 aromatic rings. The zero-order valence-corrected chi connectivity index (χ0v) is 12.3. The van der Waals surface area contributed by atoms with Gasteiger partial charge in [0.15, 0.2) is 0 Å². The molecule has 1 N–H and O–H groups in total. The smallest absolute Gasteiger partial charge is 0.122 e. The van der Waals surface area contributed by atoms with Crippen molar-refractivity contribution in [1.82, 2.24) is 10.2 Å². The first-order valence-electron chi connectivity index (χ1n) is 6.06. The van der Waals surface area contributed by atoms with Crippen LogP contribution in [0.5, 0.6) is 0 Å². The minimum Gasteiger partial charge on any atom is -0.267 e. The Morgan fingerprint density at radius 2 is 1.50 bits per heavy atom. The molecule has 1 heterocycles. The number of H-pyrrole nitrogens is 1. The van der Waals surface area contributed by atoms with Crippen molar-refractivity contribution >= 4 is 12.2 Å². The highest BCUT2D eigenvalue weighted by Crippen LogP contribution is 2.28. The molecule has 0 spiro atoms. The second-order valence-electron chi connectivity index (χ2n) is 4.90. The van der Waals surface area contributed by atoms with Crippen LogP contribution in [0.15, 0.2) is 12.1 Å². The van der Waals surface area contributed by atoms with Crippen LogP contribution in [0.4, 0.5) is 0 Å². The number of hydrogen-bond donors (Lipinski definition) is 1. The molecule has 0 saturated carbocycles. The summed E-state index contributed by atoms with van der Waals surface area (Å²) in [5, 5.41) is 7.34. The second-order valence-corrected chi connectivity index (χ2v) is 5.31. The van der Waals surface area contributed by atoms with Crippen LogP contribution in [0.25, 0.3) is 11.3 Å². The normalized spacial score (nSPS) is 10.7. The average molecular weight is 258 g/mol. The molecule has 0 aliphatic rings. The van der Waals surface area contributed by atoms with Gasteiger partial charge in [-0.15, -0.1) is 0 Å². The summed E-state index contributed by atoms with van der Waals surface area (Å²) in [5.74, 6) is 0. The van der Waals surface area contributed by atoms with E-state index < -0.39 is 0 Å². The Morgan fingerprint density at radius 1 is 0.889 bits per heavy atom. The molecule has 2 nitrogen and oxygen atoms in total. The van der Waals surface area contributed by atoms with Gasteiger partial charge in [-0.2, -0.15) is 5.10 Å². The SMILES string of the molecule is Cc1cc(C)c(-c2n[nH]c(=S)c(C)c2C)cc1C. The van der Waals surface area contributed by atoms with Crippen LogP contribution in [-0.4, -0.2) is 10.2 Å². The Kier molecular flexibility index (Phi) is 3.35. The molecular formula is C15H18N2S. The quantitative estimate of drug-likeness (QED) is 0.770. The number of rotatable bonds is 1. The minimum absolute atomic E-state index is 0.720. The van der Waals surface area contributed by atoms with Gasteiger partial charge in [-0.3, -0.25) is 5.10 Å². The first-order valence-corrected chi connectivity index (χ1v) is 6.46. The third-order valence-corrected chi connectivity index (χ3v) is 4.02. The summed E-state index contributed by atoms with van der Waals surface area (Å²) >= 11 is 5.21. The van der Waals surface area contributed by atoms with Gasteiger partial charge in [0.2, 0.25) is 0 Å². The lowest BCUT2D eigenvalue weighted by atomic mass is 9.96. The lowest BCUT2D eigenvalue weighted by molar-refractivity contribution is 0.984. The van der Waals surface area contributed by atoms with Gasteiger partial charge in [0.05, 0.1) is 5.69 Å². The minimum atomic E-state index is 0.720. The first-order chi connectivity index (χ1) is 8.41. The molecule has 0 fully saturated rings. The van der Waals surface area contributed by atoms with E-state index in [0.29, 0.717) is 0 Å². The highest BCUT2D eigenvalue weighted by molar-refractivity contribution is 7.71. The van der Waals surface area contributed by atoms with Crippen molar-refractivity contribution in [3.63, 3.8) is 0 Å². The molecule has 2 rings (SSSR count). The van der Waals surface area contributed by atoms with Crippen LogP contribution in [0, 0.1) is 39.3 Å². The molecule has 18 heavy (non-hydrogen) atoms. The summed E-state index contributed by atoms with van der Waals surface area (Å²) in [6.45, 7) is 10.5. The Balaban J connectivity index is 2.74. The lowest BCUT2D eigenvalue weighted by Crippen LogP contribution is -1.99. The number of hydrogen-bond acceptors (Lipinski definition) is 2. The maximum atomic E-state index is 5.21. The van der Waals surface area contributed by atoms with Gasteiger partial charge in [0, 0.05) is 5.56 Å². The van der Waals surface area contributed by atoms with E-state index >= 15 is 0 Å². The van der Waals surface area contributed by atoms with E-state index in [-0.39, 0.29) is 0 Å². The molecule has 3 heteroatoms. The van der Waals surface area contributed by atoms with E-state index in [4.69, 9.17) is 12.2 Å². The van der Waals surface area contributed by atoms with Gasteiger partial charge in [-0.05, 0) is 68.5 Å². The van der Waals surface area contributed by atoms with Gasteiger partial charge in [0.25, 0.3) is 0 Å². The maximum Gasteiger partial charge on any atom is 0.122 e. The third kappa shape index (κ3) is 2.10. The molecule has 0 saturated heterocycles. The fourth-order valence-corrected chi connectivity index (χ4v) is 2.30. The highest BCUT2D eigenvalue weighted by atomic mass is 32.1. The van der Waals surface area contributed by atoms with Crippen molar-refractivity contribution in [2.75, 3.05) is 0 Å². The van der Waals surface area contributed by atoms with Crippen LogP contribution in [0.1, 0.15) is 27.8 Å². The van der Waals surface area contributed by atoms with Gasteiger partial charge in [0.1, 0.15) is 4.64 Å². The van der Waals surface area contributed by atoms with Crippen LogP contribution >= 0.6 is 12.2 Å². The number of nitrogens with zero attached hydrogens (tertiary/aromatic N) is 1. The van der Waals surface area contributed by atoms with E-state index in [2.05, 4.69) is 50.0 Å². The number of aryl methyl sites for hydroxylation is 3. The van der Waals surface area contributed by atoms with Crippen LogP contribution < -0.4 is 0 Å². The summed E-state index contributed by atoms with van der Waals surface area (Å²) in [6.07, 6.45) is 0. The number of aromatic amines is 1. The third-order valence-electron chi connectivity index (χ3n) is 3.62. The molecule has 1 aromatic carbocycles. The van der Waals surface area contributed by atoms with Crippen molar-refractivity contribution < 1.29 is 0 Å². The number of nitrogens with one attached hydrogen (secondary N) is 1. The Hall–Kier alpha value is -1.48. The van der Waals surface area contributed by atoms with Gasteiger partial charge < -0.3 is 0 Å². The van der Waals surface area contributed by atoms with Crippen molar-refractivity contribution in [2.24, 2.45) is 0 Å². The molecule has 1 aromatic heterocycles. The highest BCUT2D eigenvalue weighted by Gasteiger charge is 2.11. The zero-order chi connectivity index (χ0) is 13.4. The van der Waals surface area contributed by atoms with Crippen molar-refractivity contribution in [2.45, 2.75) is 34.6 Å². The van der Waals surface area contributed by atoms with Crippen molar-refractivity contribution in [1.29, 1.82) is 0 Å². The summed E-state index contributed by atoms with van der Waals surface area (Å²) in [6, 6.07) is 4.42. The van der Waals surface area contributed by atoms with Crippen LogP contribution in [0.2, 0.25) is 0 Å². The summed E-state index contributed by atoms with van der Waals surface area (Å²) in [4.78, 5) is 0. The Morgan fingerprint density at radius 3 is 2.17 bits per heavy atom. The van der Waals surface area contributed by atoms with Crippen molar-refractivity contribution in [3.05, 3.63) is 44.6 Å². The van der Waals surface area contributed by atoms with Crippen molar-refractivity contribution in [3.8, 4) is 11.3 Å². The largest absolute Gasteiger partial charge is 0.267 e. The molecule has 0 atom stereocenters. The van der Waals surface area contributed by atoms with E-state index in [9.17, 15) is 0 Å². The first kappa shape index (κ1) is 13.0. The fraction of sp³-hybridized carbons (Fsp3) is 0.333. The summed E-state index contributed by atoms with van der Waals surface area (Å²) < 4.78 is 0.720. The molecule has 0 bridgehead atoms. The summed E-state index contributed by atoms with van der Waals surface area (Å²) in [5.41, 5.74) is 8.30. The fourth-order valence-electron chi connectivity index (χ4n) is 2.10.